The van der Waals surface area contributed by atoms with Crippen molar-refractivity contribution in [3.05, 3.63) is 54.4 Å². The number of hydrogen-bond acceptors (Lipinski definition) is 5. The standard InChI is InChI=1S/C22H29N5O2S/c1-3-14-27-20(16(2)23-21(29)17-10-6-4-7-11-17)25-26-22(27)30-15-19(28)24-18-12-8-5-9-13-18/h3-4,6-7,10-11,16,18H,1,5,8-9,12-15H2,2H3,(H,23,29)(H,24,28)/t16-/m1/s1. The first-order valence-electron chi connectivity index (χ1n) is 10.4. The van der Waals surface area contributed by atoms with Crippen LogP contribution in [0.25, 0.3) is 0 Å². The average molecular weight is 428 g/mol. The van der Waals surface area contributed by atoms with E-state index in [0.29, 0.717) is 29.1 Å². The van der Waals surface area contributed by atoms with Gasteiger partial charge in [-0.25, -0.2) is 0 Å². The SMILES string of the molecule is C=CCn1c(SCC(=O)NC2CCCCC2)nnc1[C@@H](C)NC(=O)c1ccccc1. The van der Waals surface area contributed by atoms with E-state index < -0.39 is 0 Å². The van der Waals surface area contributed by atoms with E-state index >= 15 is 0 Å². The van der Waals surface area contributed by atoms with Crippen molar-refractivity contribution in [1.29, 1.82) is 0 Å². The molecule has 0 radical (unpaired) electrons. The van der Waals surface area contributed by atoms with Gasteiger partial charge in [0.15, 0.2) is 11.0 Å². The zero-order chi connectivity index (χ0) is 21.3. The Hall–Kier alpha value is -2.61. The molecule has 0 spiro atoms. The lowest BCUT2D eigenvalue weighted by Crippen LogP contribution is -2.37. The van der Waals surface area contributed by atoms with Crippen LogP contribution in [0, 0.1) is 0 Å². The molecule has 2 N–H and O–H groups in total. The first kappa shape index (κ1) is 22.1. The van der Waals surface area contributed by atoms with Gasteiger partial charge < -0.3 is 15.2 Å². The van der Waals surface area contributed by atoms with E-state index in [1.54, 1.807) is 18.2 Å². The second-order valence-corrected chi connectivity index (χ2v) is 8.43. The van der Waals surface area contributed by atoms with Gasteiger partial charge in [-0.3, -0.25) is 9.59 Å². The average Bonchev–Trinajstić information content (AvgIpc) is 3.16. The third-order valence-corrected chi connectivity index (χ3v) is 6.10. The summed E-state index contributed by atoms with van der Waals surface area (Å²) in [5.74, 6) is 0.773. The van der Waals surface area contributed by atoms with Crippen molar-refractivity contribution in [3.8, 4) is 0 Å². The third kappa shape index (κ3) is 5.95. The topological polar surface area (TPSA) is 88.9 Å². The van der Waals surface area contributed by atoms with Gasteiger partial charge in [0.05, 0.1) is 11.8 Å². The molecule has 160 valence electrons. The summed E-state index contributed by atoms with van der Waals surface area (Å²) in [5, 5.41) is 15.2. The molecular weight excluding hydrogens is 398 g/mol. The van der Waals surface area contributed by atoms with Gasteiger partial charge in [0.25, 0.3) is 5.91 Å². The second kappa shape index (κ2) is 11.0. The molecule has 3 rings (SSSR count). The number of nitrogens with one attached hydrogen (secondary N) is 2. The van der Waals surface area contributed by atoms with Crippen molar-refractivity contribution in [2.75, 3.05) is 5.75 Å². The summed E-state index contributed by atoms with van der Waals surface area (Å²) in [6.07, 6.45) is 7.50. The van der Waals surface area contributed by atoms with E-state index in [0.717, 1.165) is 12.8 Å². The van der Waals surface area contributed by atoms with Crippen molar-refractivity contribution in [2.45, 2.75) is 62.8 Å². The lowest BCUT2D eigenvalue weighted by Gasteiger charge is -2.22. The van der Waals surface area contributed by atoms with Crippen LogP contribution in [-0.4, -0.2) is 38.4 Å². The molecule has 1 atom stereocenters. The van der Waals surface area contributed by atoms with Crippen molar-refractivity contribution < 1.29 is 9.59 Å². The van der Waals surface area contributed by atoms with Crippen LogP contribution < -0.4 is 10.6 Å². The van der Waals surface area contributed by atoms with Crippen LogP contribution >= 0.6 is 11.8 Å². The van der Waals surface area contributed by atoms with Crippen molar-refractivity contribution in [3.63, 3.8) is 0 Å². The van der Waals surface area contributed by atoms with Crippen LogP contribution in [0.4, 0.5) is 0 Å². The van der Waals surface area contributed by atoms with Crippen molar-refractivity contribution >= 4 is 23.6 Å². The van der Waals surface area contributed by atoms with Gasteiger partial charge in [-0.15, -0.1) is 16.8 Å². The molecule has 1 aliphatic rings. The Morgan fingerprint density at radius 3 is 2.67 bits per heavy atom. The summed E-state index contributed by atoms with van der Waals surface area (Å²) in [7, 11) is 0. The van der Waals surface area contributed by atoms with Gasteiger partial charge in [-0.2, -0.15) is 0 Å². The van der Waals surface area contributed by atoms with E-state index in [2.05, 4.69) is 27.4 Å². The first-order chi connectivity index (χ1) is 14.6. The molecule has 0 bridgehead atoms. The highest BCUT2D eigenvalue weighted by molar-refractivity contribution is 7.99. The summed E-state index contributed by atoms with van der Waals surface area (Å²) in [5.41, 5.74) is 0.591. The van der Waals surface area contributed by atoms with Gasteiger partial charge in [0, 0.05) is 18.2 Å². The van der Waals surface area contributed by atoms with E-state index in [1.807, 2.05) is 29.7 Å². The molecule has 7 nitrogen and oxygen atoms in total. The van der Waals surface area contributed by atoms with Gasteiger partial charge in [-0.05, 0) is 31.9 Å². The fourth-order valence-corrected chi connectivity index (χ4v) is 4.37. The quantitative estimate of drug-likeness (QED) is 0.472. The molecule has 2 aromatic rings. The second-order valence-electron chi connectivity index (χ2n) is 7.49. The molecule has 1 fully saturated rings. The largest absolute Gasteiger partial charge is 0.353 e. The highest BCUT2D eigenvalue weighted by Crippen LogP contribution is 2.22. The number of thioether (sulfide) groups is 1. The number of rotatable bonds is 9. The minimum atomic E-state index is -0.337. The highest BCUT2D eigenvalue weighted by Gasteiger charge is 2.21. The molecule has 1 saturated carbocycles. The maximum absolute atomic E-state index is 12.5. The molecule has 30 heavy (non-hydrogen) atoms. The minimum Gasteiger partial charge on any atom is -0.353 e. The minimum absolute atomic E-state index is 0.0204. The molecule has 0 aliphatic heterocycles. The van der Waals surface area contributed by atoms with Crippen LogP contribution in [0.5, 0.6) is 0 Å². The Morgan fingerprint density at radius 1 is 1.23 bits per heavy atom. The number of carbonyl (C=O) groups is 2. The predicted molar refractivity (Wildman–Crippen MR) is 118 cm³/mol. The Bertz CT molecular complexity index is 862. The summed E-state index contributed by atoms with van der Waals surface area (Å²) < 4.78 is 1.89. The van der Waals surface area contributed by atoms with Crippen molar-refractivity contribution in [2.24, 2.45) is 0 Å². The predicted octanol–water partition coefficient (Wildman–Crippen LogP) is 3.50. The number of benzene rings is 1. The van der Waals surface area contributed by atoms with Crippen LogP contribution in [0.1, 0.15) is 61.3 Å². The molecule has 2 amide bonds. The highest BCUT2D eigenvalue weighted by atomic mass is 32.2. The molecule has 1 heterocycles. The number of hydrogen-bond donors (Lipinski definition) is 2. The number of allylic oxidation sites excluding steroid dienone is 1. The van der Waals surface area contributed by atoms with Gasteiger partial charge in [-0.1, -0.05) is 55.3 Å². The summed E-state index contributed by atoms with van der Waals surface area (Å²) >= 11 is 1.35. The van der Waals surface area contributed by atoms with Crippen LogP contribution in [-0.2, 0) is 11.3 Å². The monoisotopic (exact) mass is 427 g/mol. The summed E-state index contributed by atoms with van der Waals surface area (Å²) in [6, 6.07) is 9.01. The van der Waals surface area contributed by atoms with Crippen LogP contribution in [0.2, 0.25) is 0 Å². The number of amides is 2. The van der Waals surface area contributed by atoms with Gasteiger partial charge >= 0.3 is 0 Å². The normalized spacial score (nSPS) is 15.4. The molecule has 0 unspecified atom stereocenters. The van der Waals surface area contributed by atoms with Crippen LogP contribution in [0.15, 0.2) is 48.1 Å². The zero-order valence-corrected chi connectivity index (χ0v) is 18.2. The summed E-state index contributed by atoms with van der Waals surface area (Å²) in [4.78, 5) is 24.8. The Balaban J connectivity index is 1.61. The van der Waals surface area contributed by atoms with Gasteiger partial charge in [0.2, 0.25) is 5.91 Å². The Labute approximate surface area is 181 Å². The maximum atomic E-state index is 12.5. The number of carbonyl (C=O) groups excluding carboxylic acids is 2. The van der Waals surface area contributed by atoms with E-state index in [1.165, 1.54) is 31.0 Å². The fourth-order valence-electron chi connectivity index (χ4n) is 3.61. The molecule has 1 aromatic heterocycles. The number of aromatic nitrogens is 3. The Kier molecular flexibility index (Phi) is 8.07. The lowest BCUT2D eigenvalue weighted by atomic mass is 9.95. The zero-order valence-electron chi connectivity index (χ0n) is 17.3. The smallest absolute Gasteiger partial charge is 0.251 e. The first-order valence-corrected chi connectivity index (χ1v) is 11.4. The molecule has 0 saturated heterocycles. The molecule has 8 heteroatoms. The fraction of sp³-hybridized carbons (Fsp3) is 0.455. The maximum Gasteiger partial charge on any atom is 0.251 e. The molecule has 1 aliphatic carbocycles. The molecule has 1 aromatic carbocycles. The summed E-state index contributed by atoms with van der Waals surface area (Å²) in [6.45, 7) is 6.18. The van der Waals surface area contributed by atoms with E-state index in [-0.39, 0.29) is 23.6 Å². The molecular formula is C22H29N5O2S. The van der Waals surface area contributed by atoms with Crippen LogP contribution in [0.3, 0.4) is 0 Å². The lowest BCUT2D eigenvalue weighted by molar-refractivity contribution is -0.119. The Morgan fingerprint density at radius 2 is 1.97 bits per heavy atom. The van der Waals surface area contributed by atoms with Gasteiger partial charge in [0.1, 0.15) is 0 Å². The van der Waals surface area contributed by atoms with E-state index in [4.69, 9.17) is 0 Å². The number of nitrogens with zero attached hydrogens (tertiary/aromatic N) is 3. The van der Waals surface area contributed by atoms with Crippen molar-refractivity contribution in [1.82, 2.24) is 25.4 Å². The third-order valence-electron chi connectivity index (χ3n) is 5.13. The van der Waals surface area contributed by atoms with E-state index in [9.17, 15) is 9.59 Å².